The zero-order chi connectivity index (χ0) is 23.8. The molecule has 1 aromatic carbocycles. The second-order valence-corrected chi connectivity index (χ2v) is 10.0. The van der Waals surface area contributed by atoms with Crippen molar-refractivity contribution < 1.29 is 14.4 Å². The van der Waals surface area contributed by atoms with E-state index in [2.05, 4.69) is 18.0 Å². The van der Waals surface area contributed by atoms with Crippen LogP contribution in [-0.4, -0.2) is 41.6 Å². The minimum absolute atomic E-state index is 0.101. The Morgan fingerprint density at radius 1 is 1.12 bits per heavy atom. The Bertz CT molecular complexity index is 841. The molecule has 2 amide bonds. The van der Waals surface area contributed by atoms with Gasteiger partial charge in [0.1, 0.15) is 0 Å². The van der Waals surface area contributed by atoms with Crippen molar-refractivity contribution in [2.75, 3.05) is 13.1 Å². The molecule has 1 aliphatic heterocycles. The highest BCUT2D eigenvalue weighted by atomic mass is 16.2. The standard InChI is InChI=1S/C28H40N2O3/c1-4-5-16-25(31)30-17-10-15-24(19-30)22-13-9-14-23(18-22)28(33)29-26(27(32)20(2)3)21-11-7-6-8-12-21/h4,9,13-14,18,20-21,24,26H,1,5-8,10-12,15-17,19H2,2-3H3,(H,29,33). The van der Waals surface area contributed by atoms with E-state index < -0.39 is 6.04 Å². The predicted octanol–water partition coefficient (Wildman–Crippen LogP) is 5.26. The molecule has 3 rings (SSSR count). The molecule has 33 heavy (non-hydrogen) atoms. The Kier molecular flexibility index (Phi) is 9.28. The molecule has 5 nitrogen and oxygen atoms in total. The van der Waals surface area contributed by atoms with Crippen molar-refractivity contribution in [1.82, 2.24) is 10.2 Å². The van der Waals surface area contributed by atoms with Gasteiger partial charge in [-0.1, -0.05) is 51.3 Å². The van der Waals surface area contributed by atoms with Gasteiger partial charge in [0, 0.05) is 36.9 Å². The molecule has 1 heterocycles. The number of likely N-dealkylation sites (tertiary alicyclic amines) is 1. The predicted molar refractivity (Wildman–Crippen MR) is 132 cm³/mol. The van der Waals surface area contributed by atoms with Crippen LogP contribution >= 0.6 is 0 Å². The minimum Gasteiger partial charge on any atom is -0.342 e. The fourth-order valence-electron chi connectivity index (χ4n) is 5.27. The van der Waals surface area contributed by atoms with Crippen LogP contribution in [0.1, 0.15) is 93.5 Å². The Labute approximate surface area is 199 Å². The van der Waals surface area contributed by atoms with Crippen molar-refractivity contribution in [1.29, 1.82) is 0 Å². The Balaban J connectivity index is 1.70. The summed E-state index contributed by atoms with van der Waals surface area (Å²) in [6, 6.07) is 7.34. The average molecular weight is 453 g/mol. The second-order valence-electron chi connectivity index (χ2n) is 10.0. The van der Waals surface area contributed by atoms with Crippen LogP contribution < -0.4 is 5.32 Å². The van der Waals surface area contributed by atoms with Crippen molar-refractivity contribution in [3.05, 3.63) is 48.0 Å². The summed E-state index contributed by atoms with van der Waals surface area (Å²) >= 11 is 0. The lowest BCUT2D eigenvalue weighted by atomic mass is 9.80. The van der Waals surface area contributed by atoms with Gasteiger partial charge in [0.2, 0.25) is 5.91 Å². The van der Waals surface area contributed by atoms with E-state index in [4.69, 9.17) is 0 Å². The van der Waals surface area contributed by atoms with Crippen LogP contribution in [0.4, 0.5) is 0 Å². The number of carbonyl (C=O) groups is 3. The molecule has 0 aromatic heterocycles. The number of nitrogens with one attached hydrogen (secondary N) is 1. The number of benzene rings is 1. The van der Waals surface area contributed by atoms with Crippen LogP contribution in [-0.2, 0) is 9.59 Å². The van der Waals surface area contributed by atoms with Gasteiger partial charge in [-0.2, -0.15) is 0 Å². The first-order chi connectivity index (χ1) is 15.9. The molecule has 0 spiro atoms. The molecule has 5 heteroatoms. The van der Waals surface area contributed by atoms with Gasteiger partial charge in [0.05, 0.1) is 6.04 Å². The van der Waals surface area contributed by atoms with Crippen molar-refractivity contribution in [2.24, 2.45) is 11.8 Å². The van der Waals surface area contributed by atoms with Gasteiger partial charge in [-0.3, -0.25) is 14.4 Å². The summed E-state index contributed by atoms with van der Waals surface area (Å²) in [5, 5.41) is 3.10. The third-order valence-electron chi connectivity index (χ3n) is 7.24. The first-order valence-electron chi connectivity index (χ1n) is 12.7. The molecule has 0 radical (unpaired) electrons. The van der Waals surface area contributed by atoms with Crippen molar-refractivity contribution >= 4 is 17.6 Å². The van der Waals surface area contributed by atoms with E-state index in [1.807, 2.05) is 36.9 Å². The van der Waals surface area contributed by atoms with E-state index in [9.17, 15) is 14.4 Å². The summed E-state index contributed by atoms with van der Waals surface area (Å²) in [7, 11) is 0. The number of rotatable bonds is 9. The average Bonchev–Trinajstić information content (AvgIpc) is 2.85. The fourth-order valence-corrected chi connectivity index (χ4v) is 5.27. The SMILES string of the molecule is C=CCCC(=O)N1CCCC(c2cccc(C(=O)NC(C(=O)C(C)C)C3CCCCC3)c2)C1. The monoisotopic (exact) mass is 452 g/mol. The normalized spacial score (nSPS) is 20.3. The number of piperidine rings is 1. The molecule has 1 N–H and O–H groups in total. The summed E-state index contributed by atoms with van der Waals surface area (Å²) in [5.41, 5.74) is 1.69. The summed E-state index contributed by atoms with van der Waals surface area (Å²) in [4.78, 5) is 40.6. The first kappa shape index (κ1) is 25.2. The molecule has 2 fully saturated rings. The van der Waals surface area contributed by atoms with E-state index in [0.717, 1.165) is 50.6 Å². The Morgan fingerprint density at radius 3 is 2.58 bits per heavy atom. The smallest absolute Gasteiger partial charge is 0.251 e. The lowest BCUT2D eigenvalue weighted by Crippen LogP contribution is -2.48. The maximum absolute atomic E-state index is 13.2. The molecule has 0 bridgehead atoms. The van der Waals surface area contributed by atoms with Crippen molar-refractivity contribution in [2.45, 2.75) is 83.6 Å². The molecule has 1 aromatic rings. The number of hydrogen-bond donors (Lipinski definition) is 1. The quantitative estimate of drug-likeness (QED) is 0.520. The number of ketones is 1. The molecule has 1 saturated heterocycles. The second kappa shape index (κ2) is 12.2. The van der Waals surface area contributed by atoms with Crippen LogP contribution in [0.2, 0.25) is 0 Å². The zero-order valence-corrected chi connectivity index (χ0v) is 20.4. The van der Waals surface area contributed by atoms with Crippen LogP contribution in [0.15, 0.2) is 36.9 Å². The summed E-state index contributed by atoms with van der Waals surface area (Å²) in [6.45, 7) is 9.02. The lowest BCUT2D eigenvalue weighted by molar-refractivity contribution is -0.132. The number of carbonyl (C=O) groups excluding carboxylic acids is 3. The van der Waals surface area contributed by atoms with Gasteiger partial charge >= 0.3 is 0 Å². The molecule has 2 unspecified atom stereocenters. The third kappa shape index (κ3) is 6.78. The zero-order valence-electron chi connectivity index (χ0n) is 20.4. The molecular weight excluding hydrogens is 412 g/mol. The van der Waals surface area contributed by atoms with Crippen LogP contribution in [0.25, 0.3) is 0 Å². The number of Topliss-reactive ketones (excluding diaryl/α,β-unsaturated/α-hetero) is 1. The van der Waals surface area contributed by atoms with Gasteiger partial charge in [0.15, 0.2) is 5.78 Å². The van der Waals surface area contributed by atoms with Crippen LogP contribution in [0.5, 0.6) is 0 Å². The van der Waals surface area contributed by atoms with Crippen molar-refractivity contribution in [3.63, 3.8) is 0 Å². The largest absolute Gasteiger partial charge is 0.342 e. The molecule has 2 aliphatic rings. The summed E-state index contributed by atoms with van der Waals surface area (Å²) in [6.07, 6.45) is 10.4. The van der Waals surface area contributed by atoms with E-state index in [-0.39, 0.29) is 35.4 Å². The first-order valence-corrected chi connectivity index (χ1v) is 12.7. The number of hydrogen-bond acceptors (Lipinski definition) is 3. The fraction of sp³-hybridized carbons (Fsp3) is 0.607. The van der Waals surface area contributed by atoms with Crippen LogP contribution in [0, 0.1) is 11.8 Å². The van der Waals surface area contributed by atoms with Gasteiger partial charge in [-0.15, -0.1) is 6.58 Å². The minimum atomic E-state index is -0.408. The molecule has 2 atom stereocenters. The number of nitrogens with zero attached hydrogens (tertiary/aromatic N) is 1. The topological polar surface area (TPSA) is 66.5 Å². The molecule has 180 valence electrons. The van der Waals surface area contributed by atoms with Gasteiger partial charge < -0.3 is 10.2 Å². The van der Waals surface area contributed by atoms with Gasteiger partial charge in [0.25, 0.3) is 5.91 Å². The molecule has 1 saturated carbocycles. The highest BCUT2D eigenvalue weighted by molar-refractivity contribution is 5.98. The van der Waals surface area contributed by atoms with Gasteiger partial charge in [-0.25, -0.2) is 0 Å². The maximum atomic E-state index is 13.2. The van der Waals surface area contributed by atoms with Crippen LogP contribution in [0.3, 0.4) is 0 Å². The van der Waals surface area contributed by atoms with Crippen molar-refractivity contribution in [3.8, 4) is 0 Å². The summed E-state index contributed by atoms with van der Waals surface area (Å²) < 4.78 is 0. The maximum Gasteiger partial charge on any atom is 0.251 e. The highest BCUT2D eigenvalue weighted by Crippen LogP contribution is 2.30. The number of amides is 2. The molecular formula is C28H40N2O3. The highest BCUT2D eigenvalue weighted by Gasteiger charge is 2.32. The Hall–Kier alpha value is -2.43. The van der Waals surface area contributed by atoms with E-state index in [1.54, 1.807) is 6.08 Å². The van der Waals surface area contributed by atoms with E-state index in [1.165, 1.54) is 6.42 Å². The summed E-state index contributed by atoms with van der Waals surface area (Å²) in [5.74, 6) is 0.495. The van der Waals surface area contributed by atoms with Gasteiger partial charge in [-0.05, 0) is 55.7 Å². The van der Waals surface area contributed by atoms with E-state index >= 15 is 0 Å². The Morgan fingerprint density at radius 2 is 1.88 bits per heavy atom. The molecule has 1 aliphatic carbocycles. The number of allylic oxidation sites excluding steroid dienone is 1. The lowest BCUT2D eigenvalue weighted by Gasteiger charge is -2.33. The third-order valence-corrected chi connectivity index (χ3v) is 7.24. The van der Waals surface area contributed by atoms with E-state index in [0.29, 0.717) is 24.9 Å².